The van der Waals surface area contributed by atoms with Crippen LogP contribution >= 0.6 is 0 Å². The molecule has 1 aliphatic heterocycles. The maximum absolute atomic E-state index is 12.9. The molecule has 2 aromatic heterocycles. The van der Waals surface area contributed by atoms with Crippen molar-refractivity contribution in [1.82, 2.24) is 19.7 Å². The molecule has 138 valence electrons. The van der Waals surface area contributed by atoms with E-state index in [1.807, 2.05) is 18.2 Å². The zero-order chi connectivity index (χ0) is 19.1. The second-order valence-corrected chi connectivity index (χ2v) is 7.04. The van der Waals surface area contributed by atoms with E-state index in [2.05, 4.69) is 45.2 Å². The van der Waals surface area contributed by atoms with Crippen molar-refractivity contribution in [1.29, 1.82) is 0 Å². The van der Waals surface area contributed by atoms with Crippen LogP contribution in [0.4, 0.5) is 5.69 Å². The largest absolute Gasteiger partial charge is 0.374 e. The Morgan fingerprint density at radius 3 is 2.75 bits per heavy atom. The van der Waals surface area contributed by atoms with Gasteiger partial charge in [-0.2, -0.15) is 9.78 Å². The van der Waals surface area contributed by atoms with Crippen LogP contribution in [0.2, 0.25) is 0 Å². The molecule has 5 rings (SSSR count). The summed E-state index contributed by atoms with van der Waals surface area (Å²) in [5.41, 5.74) is 4.77. The minimum absolute atomic E-state index is 0.218. The van der Waals surface area contributed by atoms with Crippen LogP contribution in [0.25, 0.3) is 27.8 Å². The van der Waals surface area contributed by atoms with Crippen LogP contribution < -0.4 is 10.5 Å². The molecule has 6 nitrogen and oxygen atoms in total. The van der Waals surface area contributed by atoms with Crippen molar-refractivity contribution in [3.8, 4) is 17.1 Å². The molecule has 2 aromatic carbocycles. The highest BCUT2D eigenvalue weighted by Crippen LogP contribution is 2.35. The predicted octanol–water partition coefficient (Wildman–Crippen LogP) is 3.23. The molecule has 0 saturated heterocycles. The molecule has 0 radical (unpaired) electrons. The topological polar surface area (TPSA) is 63.9 Å². The molecule has 0 spiro atoms. The number of anilines is 1. The fourth-order valence-corrected chi connectivity index (χ4v) is 3.94. The zero-order valence-corrected chi connectivity index (χ0v) is 15.5. The van der Waals surface area contributed by atoms with Gasteiger partial charge in [-0.05, 0) is 53.8 Å². The number of fused-ring (bicyclic) bond motifs is 2. The lowest BCUT2D eigenvalue weighted by Crippen LogP contribution is -2.25. The van der Waals surface area contributed by atoms with Gasteiger partial charge in [0.15, 0.2) is 0 Å². The summed E-state index contributed by atoms with van der Waals surface area (Å²) in [5.74, 6) is 0.277. The summed E-state index contributed by atoms with van der Waals surface area (Å²) in [6, 6.07) is 14.1. The van der Waals surface area contributed by atoms with Gasteiger partial charge in [0.25, 0.3) is 11.5 Å². The summed E-state index contributed by atoms with van der Waals surface area (Å²) >= 11 is 0. The molecule has 3 heterocycles. The van der Waals surface area contributed by atoms with E-state index < -0.39 is 0 Å². The Bertz CT molecular complexity index is 1230. The second kappa shape index (κ2) is 6.56. The SMILES string of the molecule is CN1CCCc2c(-c3ccc4c(=O)n(-c5ncccn5)ncc4c3)cccc21. The molecule has 0 N–H and O–H groups in total. The van der Waals surface area contributed by atoms with Gasteiger partial charge in [0.2, 0.25) is 0 Å². The van der Waals surface area contributed by atoms with Gasteiger partial charge in [-0.3, -0.25) is 4.79 Å². The highest BCUT2D eigenvalue weighted by molar-refractivity contribution is 5.87. The van der Waals surface area contributed by atoms with Crippen LogP contribution in [0, 0.1) is 0 Å². The van der Waals surface area contributed by atoms with E-state index >= 15 is 0 Å². The maximum atomic E-state index is 12.9. The number of nitrogens with zero attached hydrogens (tertiary/aromatic N) is 5. The molecule has 0 fully saturated rings. The Hall–Kier alpha value is -3.54. The van der Waals surface area contributed by atoms with E-state index in [9.17, 15) is 4.79 Å². The van der Waals surface area contributed by atoms with Gasteiger partial charge in [-0.15, -0.1) is 0 Å². The first-order chi connectivity index (χ1) is 13.7. The summed E-state index contributed by atoms with van der Waals surface area (Å²) in [4.78, 5) is 23.4. The van der Waals surface area contributed by atoms with Crippen LogP contribution in [0.5, 0.6) is 0 Å². The Morgan fingerprint density at radius 2 is 1.89 bits per heavy atom. The predicted molar refractivity (Wildman–Crippen MR) is 110 cm³/mol. The monoisotopic (exact) mass is 369 g/mol. The van der Waals surface area contributed by atoms with Gasteiger partial charge >= 0.3 is 0 Å². The lowest BCUT2D eigenvalue weighted by Gasteiger charge is -2.29. The Morgan fingerprint density at radius 1 is 1.04 bits per heavy atom. The fraction of sp³-hybridized carbons (Fsp3) is 0.182. The van der Waals surface area contributed by atoms with Crippen molar-refractivity contribution in [2.45, 2.75) is 12.8 Å². The maximum Gasteiger partial charge on any atom is 0.282 e. The highest BCUT2D eigenvalue weighted by Gasteiger charge is 2.18. The number of hydrogen-bond donors (Lipinski definition) is 0. The lowest BCUT2D eigenvalue weighted by molar-refractivity contribution is 0.746. The Kier molecular flexibility index (Phi) is 3.90. The first-order valence-corrected chi connectivity index (χ1v) is 9.35. The minimum atomic E-state index is -0.218. The molecule has 0 unspecified atom stereocenters. The highest BCUT2D eigenvalue weighted by atomic mass is 16.1. The standard InChI is InChI=1S/C22H19N5O/c1-26-12-3-6-19-17(5-2-7-20(19)26)15-8-9-18-16(13-15)14-25-27(21(18)28)22-23-10-4-11-24-22/h2,4-5,7-11,13-14H,3,6,12H2,1H3. The third kappa shape index (κ3) is 2.65. The zero-order valence-electron chi connectivity index (χ0n) is 15.5. The quantitative estimate of drug-likeness (QED) is 0.543. The van der Waals surface area contributed by atoms with Gasteiger partial charge in [0.1, 0.15) is 0 Å². The second-order valence-electron chi connectivity index (χ2n) is 7.04. The minimum Gasteiger partial charge on any atom is -0.374 e. The molecule has 0 bridgehead atoms. The van der Waals surface area contributed by atoms with Gasteiger partial charge < -0.3 is 4.90 Å². The molecule has 0 saturated carbocycles. The van der Waals surface area contributed by atoms with Crippen LogP contribution in [0.15, 0.2) is 65.8 Å². The molecule has 0 atom stereocenters. The van der Waals surface area contributed by atoms with Crippen LogP contribution in [0.1, 0.15) is 12.0 Å². The van der Waals surface area contributed by atoms with E-state index in [-0.39, 0.29) is 11.5 Å². The normalized spacial score (nSPS) is 13.5. The van der Waals surface area contributed by atoms with Crippen molar-refractivity contribution in [2.24, 2.45) is 0 Å². The Balaban J connectivity index is 1.65. The van der Waals surface area contributed by atoms with Crippen molar-refractivity contribution >= 4 is 16.5 Å². The Labute approximate surface area is 162 Å². The molecule has 28 heavy (non-hydrogen) atoms. The molecule has 4 aromatic rings. The number of rotatable bonds is 2. The summed E-state index contributed by atoms with van der Waals surface area (Å²) in [7, 11) is 2.14. The van der Waals surface area contributed by atoms with E-state index in [1.165, 1.54) is 21.5 Å². The molecular weight excluding hydrogens is 350 g/mol. The van der Waals surface area contributed by atoms with Crippen molar-refractivity contribution in [3.05, 3.63) is 77.0 Å². The van der Waals surface area contributed by atoms with Gasteiger partial charge in [0.05, 0.1) is 11.6 Å². The number of benzene rings is 2. The number of aromatic nitrogens is 4. The van der Waals surface area contributed by atoms with Crippen molar-refractivity contribution in [2.75, 3.05) is 18.5 Å². The average Bonchev–Trinajstić information content (AvgIpc) is 2.74. The van der Waals surface area contributed by atoms with Crippen LogP contribution in [-0.2, 0) is 6.42 Å². The lowest BCUT2D eigenvalue weighted by atomic mass is 9.91. The fourth-order valence-electron chi connectivity index (χ4n) is 3.94. The van der Waals surface area contributed by atoms with Gasteiger partial charge in [0, 0.05) is 37.1 Å². The smallest absolute Gasteiger partial charge is 0.282 e. The van der Waals surface area contributed by atoms with Crippen molar-refractivity contribution in [3.63, 3.8) is 0 Å². The summed E-state index contributed by atoms with van der Waals surface area (Å²) in [5, 5.41) is 5.70. The average molecular weight is 369 g/mol. The van der Waals surface area contributed by atoms with Gasteiger partial charge in [-0.25, -0.2) is 9.97 Å². The van der Waals surface area contributed by atoms with Crippen LogP contribution in [0.3, 0.4) is 0 Å². The van der Waals surface area contributed by atoms with E-state index in [4.69, 9.17) is 0 Å². The molecule has 0 amide bonds. The first-order valence-electron chi connectivity index (χ1n) is 9.35. The summed E-state index contributed by atoms with van der Waals surface area (Å²) in [6.45, 7) is 1.08. The summed E-state index contributed by atoms with van der Waals surface area (Å²) in [6.07, 6.45) is 7.12. The molecule has 1 aliphatic rings. The third-order valence-corrected chi connectivity index (χ3v) is 5.32. The van der Waals surface area contributed by atoms with E-state index in [0.29, 0.717) is 5.39 Å². The summed E-state index contributed by atoms with van der Waals surface area (Å²) < 4.78 is 1.24. The number of hydrogen-bond acceptors (Lipinski definition) is 5. The third-order valence-electron chi connectivity index (χ3n) is 5.32. The van der Waals surface area contributed by atoms with E-state index in [0.717, 1.165) is 30.3 Å². The molecule has 6 heteroatoms. The molecule has 0 aliphatic carbocycles. The van der Waals surface area contributed by atoms with Gasteiger partial charge in [-0.1, -0.05) is 18.2 Å². The first kappa shape index (κ1) is 16.6. The van der Waals surface area contributed by atoms with E-state index in [1.54, 1.807) is 24.7 Å². The van der Waals surface area contributed by atoms with Crippen molar-refractivity contribution < 1.29 is 0 Å². The molecular formula is C22H19N5O. The van der Waals surface area contributed by atoms with Crippen LogP contribution in [-0.4, -0.2) is 33.3 Å².